The predicted octanol–water partition coefficient (Wildman–Crippen LogP) is 2.52. The Labute approximate surface area is 123 Å². The van der Waals surface area contributed by atoms with Gasteiger partial charge >= 0.3 is 0 Å². The quantitative estimate of drug-likeness (QED) is 0.614. The monoisotopic (exact) mass is 294 g/mol. The van der Waals surface area contributed by atoms with Crippen molar-refractivity contribution in [1.82, 2.24) is 24.7 Å². The van der Waals surface area contributed by atoms with Crippen LogP contribution in [0.15, 0.2) is 48.8 Å². The molecule has 0 amide bonds. The van der Waals surface area contributed by atoms with Crippen molar-refractivity contribution in [3.63, 3.8) is 0 Å². The van der Waals surface area contributed by atoms with Gasteiger partial charge in [0.2, 0.25) is 11.1 Å². The summed E-state index contributed by atoms with van der Waals surface area (Å²) in [5.74, 6) is 0.884. The summed E-state index contributed by atoms with van der Waals surface area (Å²) in [6.45, 7) is 0. The van der Waals surface area contributed by atoms with Crippen LogP contribution in [-0.2, 0) is 0 Å². The van der Waals surface area contributed by atoms with Gasteiger partial charge in [0.1, 0.15) is 0 Å². The highest BCUT2D eigenvalue weighted by Crippen LogP contribution is 2.26. The third kappa shape index (κ3) is 2.03. The summed E-state index contributed by atoms with van der Waals surface area (Å²) in [7, 11) is 0. The van der Waals surface area contributed by atoms with E-state index < -0.39 is 0 Å². The molecule has 0 bridgehead atoms. The van der Waals surface area contributed by atoms with Crippen LogP contribution in [-0.4, -0.2) is 24.7 Å². The van der Waals surface area contributed by atoms with Crippen LogP contribution < -0.4 is 5.73 Å². The largest absolute Gasteiger partial charge is 0.368 e. The Bertz CT molecular complexity index is 879. The number of hydrogen-bond acceptors (Lipinski definition) is 6. The second-order valence-corrected chi connectivity index (χ2v) is 5.41. The molecular formula is C14H10N6S. The smallest absolute Gasteiger partial charge is 0.226 e. The highest BCUT2D eigenvalue weighted by atomic mass is 32.1. The highest BCUT2D eigenvalue weighted by molar-refractivity contribution is 7.20. The number of nitrogens with two attached hydrogens (primary N) is 1. The Balaban J connectivity index is 1.84. The third-order valence-electron chi connectivity index (χ3n) is 3.03. The number of anilines is 1. The molecule has 0 radical (unpaired) electrons. The SMILES string of the molecule is Nc1nc(-c2ccncc2)nn1-c1nc2ccccc2s1. The van der Waals surface area contributed by atoms with Crippen LogP contribution in [0.5, 0.6) is 0 Å². The minimum atomic E-state index is 0.320. The number of thiazole rings is 1. The van der Waals surface area contributed by atoms with Crippen molar-refractivity contribution in [3.05, 3.63) is 48.8 Å². The summed E-state index contributed by atoms with van der Waals surface area (Å²) in [5, 5.41) is 5.16. The topological polar surface area (TPSA) is 82.5 Å². The zero-order valence-electron chi connectivity index (χ0n) is 10.8. The maximum atomic E-state index is 5.97. The maximum Gasteiger partial charge on any atom is 0.226 e. The fourth-order valence-electron chi connectivity index (χ4n) is 2.04. The van der Waals surface area contributed by atoms with E-state index in [1.54, 1.807) is 17.1 Å². The molecule has 0 fully saturated rings. The number of nitrogen functional groups attached to an aromatic ring is 1. The van der Waals surface area contributed by atoms with Gasteiger partial charge in [-0.15, -0.1) is 5.10 Å². The van der Waals surface area contributed by atoms with E-state index in [0.717, 1.165) is 15.8 Å². The van der Waals surface area contributed by atoms with Crippen LogP contribution in [0.1, 0.15) is 0 Å². The van der Waals surface area contributed by atoms with E-state index in [1.165, 1.54) is 11.3 Å². The Hall–Kier alpha value is -2.80. The van der Waals surface area contributed by atoms with Gasteiger partial charge in [0.25, 0.3) is 0 Å². The van der Waals surface area contributed by atoms with E-state index in [2.05, 4.69) is 20.1 Å². The van der Waals surface area contributed by atoms with Crippen LogP contribution in [0.2, 0.25) is 0 Å². The number of nitrogens with zero attached hydrogens (tertiary/aromatic N) is 5. The molecule has 0 aliphatic heterocycles. The summed E-state index contributed by atoms with van der Waals surface area (Å²) in [4.78, 5) is 12.8. The van der Waals surface area contributed by atoms with Crippen molar-refractivity contribution < 1.29 is 0 Å². The third-order valence-corrected chi connectivity index (χ3v) is 4.05. The number of aromatic nitrogens is 5. The summed E-state index contributed by atoms with van der Waals surface area (Å²) in [6, 6.07) is 11.6. The number of pyridine rings is 1. The van der Waals surface area contributed by atoms with Gasteiger partial charge in [0.15, 0.2) is 5.82 Å². The van der Waals surface area contributed by atoms with Crippen molar-refractivity contribution >= 4 is 27.5 Å². The number of fused-ring (bicyclic) bond motifs is 1. The van der Waals surface area contributed by atoms with E-state index in [4.69, 9.17) is 5.73 Å². The summed E-state index contributed by atoms with van der Waals surface area (Å²) < 4.78 is 2.66. The van der Waals surface area contributed by atoms with Crippen LogP contribution in [0.3, 0.4) is 0 Å². The lowest BCUT2D eigenvalue weighted by Gasteiger charge is -1.94. The predicted molar refractivity (Wildman–Crippen MR) is 82.2 cm³/mol. The standard InChI is InChI=1S/C14H10N6S/c15-13-18-12(9-5-7-16-8-6-9)19-20(13)14-17-10-3-1-2-4-11(10)21-14/h1-8H,(H2,15,18,19). The molecular weight excluding hydrogens is 284 g/mol. The van der Waals surface area contributed by atoms with Gasteiger partial charge in [0.05, 0.1) is 10.2 Å². The van der Waals surface area contributed by atoms with E-state index in [9.17, 15) is 0 Å². The molecule has 102 valence electrons. The Kier molecular flexibility index (Phi) is 2.65. The fourth-order valence-corrected chi connectivity index (χ4v) is 2.97. The summed E-state index contributed by atoms with van der Waals surface area (Å²) in [6.07, 6.45) is 3.40. The first-order valence-electron chi connectivity index (χ1n) is 6.30. The van der Waals surface area contributed by atoms with E-state index in [1.807, 2.05) is 36.4 Å². The lowest BCUT2D eigenvalue weighted by atomic mass is 10.3. The molecule has 0 aliphatic rings. The van der Waals surface area contributed by atoms with Gasteiger partial charge < -0.3 is 5.73 Å². The van der Waals surface area contributed by atoms with Crippen LogP contribution in [0.4, 0.5) is 5.95 Å². The minimum absolute atomic E-state index is 0.320. The second-order valence-electron chi connectivity index (χ2n) is 4.41. The number of para-hydroxylation sites is 1. The average molecular weight is 294 g/mol. The van der Waals surface area contributed by atoms with Gasteiger partial charge in [-0.25, -0.2) is 4.98 Å². The molecule has 7 heteroatoms. The van der Waals surface area contributed by atoms with Gasteiger partial charge in [-0.05, 0) is 24.3 Å². The molecule has 0 aliphatic carbocycles. The lowest BCUT2D eigenvalue weighted by Crippen LogP contribution is -2.01. The van der Waals surface area contributed by atoms with E-state index in [0.29, 0.717) is 16.9 Å². The maximum absolute atomic E-state index is 5.97. The molecule has 21 heavy (non-hydrogen) atoms. The first-order valence-corrected chi connectivity index (χ1v) is 7.12. The average Bonchev–Trinajstić information content (AvgIpc) is 3.11. The van der Waals surface area contributed by atoms with Gasteiger partial charge in [0, 0.05) is 18.0 Å². The van der Waals surface area contributed by atoms with E-state index >= 15 is 0 Å². The zero-order chi connectivity index (χ0) is 14.2. The van der Waals surface area contributed by atoms with Crippen LogP contribution in [0.25, 0.3) is 26.7 Å². The molecule has 3 heterocycles. The van der Waals surface area contributed by atoms with Gasteiger partial charge in [-0.3, -0.25) is 4.98 Å². The van der Waals surface area contributed by atoms with Crippen LogP contribution in [0, 0.1) is 0 Å². The van der Waals surface area contributed by atoms with Crippen molar-refractivity contribution in [2.75, 3.05) is 5.73 Å². The normalized spacial score (nSPS) is 11.0. The first kappa shape index (κ1) is 12.0. The van der Waals surface area contributed by atoms with E-state index in [-0.39, 0.29) is 0 Å². The Morgan fingerprint density at radius 2 is 1.81 bits per heavy atom. The number of benzene rings is 1. The first-order chi connectivity index (χ1) is 10.3. The molecule has 2 N–H and O–H groups in total. The van der Waals surface area contributed by atoms with Gasteiger partial charge in [-0.1, -0.05) is 23.5 Å². The van der Waals surface area contributed by atoms with Crippen molar-refractivity contribution in [2.45, 2.75) is 0 Å². The molecule has 0 saturated carbocycles. The molecule has 0 unspecified atom stereocenters. The Morgan fingerprint density at radius 3 is 2.62 bits per heavy atom. The van der Waals surface area contributed by atoms with Crippen molar-refractivity contribution in [1.29, 1.82) is 0 Å². The minimum Gasteiger partial charge on any atom is -0.368 e. The zero-order valence-corrected chi connectivity index (χ0v) is 11.7. The molecule has 6 nitrogen and oxygen atoms in total. The number of rotatable bonds is 2. The molecule has 4 aromatic rings. The molecule has 4 rings (SSSR count). The second kappa shape index (κ2) is 4.64. The highest BCUT2D eigenvalue weighted by Gasteiger charge is 2.13. The van der Waals surface area contributed by atoms with Gasteiger partial charge in [-0.2, -0.15) is 9.67 Å². The molecule has 1 aromatic carbocycles. The summed E-state index contributed by atoms with van der Waals surface area (Å²) in [5.41, 5.74) is 7.77. The van der Waals surface area contributed by atoms with Crippen molar-refractivity contribution in [3.8, 4) is 16.5 Å². The fraction of sp³-hybridized carbons (Fsp3) is 0. The molecule has 3 aromatic heterocycles. The number of hydrogen-bond donors (Lipinski definition) is 1. The molecule has 0 atom stereocenters. The molecule has 0 spiro atoms. The lowest BCUT2D eigenvalue weighted by molar-refractivity contribution is 0.886. The summed E-state index contributed by atoms with van der Waals surface area (Å²) >= 11 is 1.53. The Morgan fingerprint density at radius 1 is 1.00 bits per heavy atom. The van der Waals surface area contributed by atoms with Crippen molar-refractivity contribution in [2.24, 2.45) is 0 Å². The molecule has 0 saturated heterocycles. The van der Waals surface area contributed by atoms with Crippen LogP contribution >= 0.6 is 11.3 Å².